The van der Waals surface area contributed by atoms with Crippen LogP contribution in [0, 0.1) is 0 Å². The molecular weight excluding hydrogens is 272 g/mol. The molecule has 0 radical (unpaired) electrons. The lowest BCUT2D eigenvalue weighted by atomic mass is 9.99. The lowest BCUT2D eigenvalue weighted by Gasteiger charge is -2.41. The standard InChI is InChI=1S/C12H18O8/c1-5-9(18-6(2)13)10(19-7(3)14)11(12(16)17-5)20-8(4)15/h5,9-12,16H,1-4H3/t5-,9-,10+,11-,12+/m0/s1. The van der Waals surface area contributed by atoms with Crippen LogP contribution < -0.4 is 0 Å². The second-order valence-corrected chi connectivity index (χ2v) is 4.45. The summed E-state index contributed by atoms with van der Waals surface area (Å²) in [4.78, 5) is 33.3. The third-order valence-electron chi connectivity index (χ3n) is 2.65. The van der Waals surface area contributed by atoms with Crippen molar-refractivity contribution in [2.45, 2.75) is 58.4 Å². The van der Waals surface area contributed by atoms with Gasteiger partial charge in [-0.25, -0.2) is 0 Å². The van der Waals surface area contributed by atoms with Gasteiger partial charge in [-0.2, -0.15) is 0 Å². The number of rotatable bonds is 3. The van der Waals surface area contributed by atoms with Gasteiger partial charge in [0.15, 0.2) is 24.6 Å². The summed E-state index contributed by atoms with van der Waals surface area (Å²) in [6.07, 6.45) is -5.60. The lowest BCUT2D eigenvalue weighted by Crippen LogP contribution is -2.60. The van der Waals surface area contributed by atoms with Gasteiger partial charge < -0.3 is 24.1 Å². The highest BCUT2D eigenvalue weighted by atomic mass is 16.7. The molecule has 0 aromatic heterocycles. The van der Waals surface area contributed by atoms with Crippen molar-refractivity contribution in [1.29, 1.82) is 0 Å². The molecule has 20 heavy (non-hydrogen) atoms. The minimum Gasteiger partial charge on any atom is -0.456 e. The number of hydrogen-bond acceptors (Lipinski definition) is 8. The average Bonchev–Trinajstić information content (AvgIpc) is 2.27. The second-order valence-electron chi connectivity index (χ2n) is 4.45. The zero-order valence-corrected chi connectivity index (χ0v) is 11.7. The maximum atomic E-state index is 11.2. The molecule has 0 aliphatic carbocycles. The first-order chi connectivity index (χ1) is 9.22. The summed E-state index contributed by atoms with van der Waals surface area (Å²) in [5, 5.41) is 9.79. The molecule has 0 bridgehead atoms. The van der Waals surface area contributed by atoms with Crippen LogP contribution >= 0.6 is 0 Å². The summed E-state index contributed by atoms with van der Waals surface area (Å²) in [5.74, 6) is -1.96. The highest BCUT2D eigenvalue weighted by molar-refractivity contribution is 5.68. The van der Waals surface area contributed by atoms with Crippen molar-refractivity contribution >= 4 is 17.9 Å². The molecule has 1 fully saturated rings. The maximum absolute atomic E-state index is 11.2. The van der Waals surface area contributed by atoms with Gasteiger partial charge in [-0.05, 0) is 6.92 Å². The van der Waals surface area contributed by atoms with Crippen LogP contribution in [0.5, 0.6) is 0 Å². The predicted molar refractivity (Wildman–Crippen MR) is 63.2 cm³/mol. The van der Waals surface area contributed by atoms with E-state index < -0.39 is 48.6 Å². The van der Waals surface area contributed by atoms with Crippen LogP contribution in [0.15, 0.2) is 0 Å². The summed E-state index contributed by atoms with van der Waals surface area (Å²) >= 11 is 0. The van der Waals surface area contributed by atoms with Crippen LogP contribution in [0.3, 0.4) is 0 Å². The lowest BCUT2D eigenvalue weighted by molar-refractivity contribution is -0.288. The molecule has 0 saturated carbocycles. The minimum absolute atomic E-state index is 0.611. The number of aliphatic hydroxyl groups is 1. The van der Waals surface area contributed by atoms with Crippen molar-refractivity contribution in [1.82, 2.24) is 0 Å². The molecule has 1 aliphatic heterocycles. The molecule has 1 heterocycles. The molecule has 5 atom stereocenters. The Balaban J connectivity index is 3.01. The Morgan fingerprint density at radius 2 is 1.25 bits per heavy atom. The van der Waals surface area contributed by atoms with Crippen LogP contribution in [0.25, 0.3) is 0 Å². The normalized spacial score (nSPS) is 33.1. The molecule has 1 rings (SSSR count). The Hall–Kier alpha value is -1.67. The van der Waals surface area contributed by atoms with Gasteiger partial charge in [0, 0.05) is 20.8 Å². The van der Waals surface area contributed by atoms with E-state index in [-0.39, 0.29) is 0 Å². The zero-order chi connectivity index (χ0) is 15.4. The Morgan fingerprint density at radius 1 is 0.850 bits per heavy atom. The van der Waals surface area contributed by atoms with Crippen molar-refractivity contribution in [3.63, 3.8) is 0 Å². The van der Waals surface area contributed by atoms with Crippen LogP contribution in [0.1, 0.15) is 27.7 Å². The highest BCUT2D eigenvalue weighted by Crippen LogP contribution is 2.27. The van der Waals surface area contributed by atoms with Gasteiger partial charge in [0.25, 0.3) is 0 Å². The summed E-state index contributed by atoms with van der Waals surface area (Å²) in [5.41, 5.74) is 0. The first-order valence-electron chi connectivity index (χ1n) is 6.07. The second kappa shape index (κ2) is 6.67. The van der Waals surface area contributed by atoms with Crippen molar-refractivity contribution in [3.05, 3.63) is 0 Å². The largest absolute Gasteiger partial charge is 0.456 e. The number of esters is 3. The molecule has 1 saturated heterocycles. The number of aliphatic hydroxyl groups excluding tert-OH is 1. The molecule has 0 unspecified atom stereocenters. The van der Waals surface area contributed by atoms with Crippen molar-refractivity contribution in [3.8, 4) is 0 Å². The van der Waals surface area contributed by atoms with Gasteiger partial charge in [0.05, 0.1) is 6.10 Å². The van der Waals surface area contributed by atoms with E-state index in [1.54, 1.807) is 0 Å². The smallest absolute Gasteiger partial charge is 0.303 e. The van der Waals surface area contributed by atoms with Crippen molar-refractivity contribution in [2.24, 2.45) is 0 Å². The van der Waals surface area contributed by atoms with E-state index in [0.717, 1.165) is 13.8 Å². The summed E-state index contributed by atoms with van der Waals surface area (Å²) < 4.78 is 20.1. The van der Waals surface area contributed by atoms with Gasteiger partial charge in [0.1, 0.15) is 0 Å². The van der Waals surface area contributed by atoms with E-state index in [1.807, 2.05) is 0 Å². The number of carbonyl (C=O) groups excluding carboxylic acids is 3. The Bertz CT molecular complexity index is 365. The fraction of sp³-hybridized carbons (Fsp3) is 0.750. The number of carbonyl (C=O) groups is 3. The van der Waals surface area contributed by atoms with E-state index in [1.165, 1.54) is 13.8 Å². The van der Waals surface area contributed by atoms with Crippen LogP contribution in [0.2, 0.25) is 0 Å². The molecule has 8 heteroatoms. The third kappa shape index (κ3) is 4.17. The SMILES string of the molecule is CC(=O)O[C@@H]1[C@@H](OC(C)=O)[C@H](C)O[C@@H](O)[C@H]1OC(C)=O. The fourth-order valence-electron chi connectivity index (χ4n) is 1.99. The maximum Gasteiger partial charge on any atom is 0.303 e. The van der Waals surface area contributed by atoms with E-state index in [4.69, 9.17) is 18.9 Å². The Morgan fingerprint density at radius 3 is 1.70 bits per heavy atom. The Labute approximate surface area is 115 Å². The summed E-state index contributed by atoms with van der Waals surface area (Å²) in [7, 11) is 0. The monoisotopic (exact) mass is 290 g/mol. The van der Waals surface area contributed by atoms with Crippen LogP contribution in [-0.4, -0.2) is 53.7 Å². The van der Waals surface area contributed by atoms with E-state index >= 15 is 0 Å². The molecule has 1 N–H and O–H groups in total. The molecule has 1 aliphatic rings. The third-order valence-corrected chi connectivity index (χ3v) is 2.65. The van der Waals surface area contributed by atoms with Gasteiger partial charge in [0.2, 0.25) is 0 Å². The van der Waals surface area contributed by atoms with E-state index in [9.17, 15) is 19.5 Å². The van der Waals surface area contributed by atoms with E-state index in [2.05, 4.69) is 0 Å². The van der Waals surface area contributed by atoms with Crippen LogP contribution in [-0.2, 0) is 33.3 Å². The average molecular weight is 290 g/mol. The quantitative estimate of drug-likeness (QED) is 0.548. The van der Waals surface area contributed by atoms with Crippen molar-refractivity contribution in [2.75, 3.05) is 0 Å². The van der Waals surface area contributed by atoms with Gasteiger partial charge in [-0.15, -0.1) is 0 Å². The summed E-state index contributed by atoms with van der Waals surface area (Å²) in [6.45, 7) is 5.01. The molecule has 0 amide bonds. The topological polar surface area (TPSA) is 108 Å². The van der Waals surface area contributed by atoms with E-state index in [0.29, 0.717) is 0 Å². The predicted octanol–water partition coefficient (Wildman–Crippen LogP) is -0.481. The van der Waals surface area contributed by atoms with Gasteiger partial charge in [-0.3, -0.25) is 14.4 Å². The number of ether oxygens (including phenoxy) is 4. The van der Waals surface area contributed by atoms with Gasteiger partial charge in [-0.1, -0.05) is 0 Å². The number of hydrogen-bond donors (Lipinski definition) is 1. The molecule has 0 aromatic rings. The highest BCUT2D eigenvalue weighted by Gasteiger charge is 2.49. The molecular formula is C12H18O8. The Kier molecular flexibility index (Phi) is 5.46. The van der Waals surface area contributed by atoms with Crippen molar-refractivity contribution < 1.29 is 38.4 Å². The molecule has 8 nitrogen and oxygen atoms in total. The fourth-order valence-corrected chi connectivity index (χ4v) is 1.99. The first kappa shape index (κ1) is 16.4. The summed E-state index contributed by atoms with van der Waals surface area (Å²) in [6, 6.07) is 0. The molecule has 0 spiro atoms. The van der Waals surface area contributed by atoms with Gasteiger partial charge >= 0.3 is 17.9 Å². The molecule has 114 valence electrons. The zero-order valence-electron chi connectivity index (χ0n) is 11.7. The molecule has 0 aromatic carbocycles. The van der Waals surface area contributed by atoms with Crippen LogP contribution in [0.4, 0.5) is 0 Å². The minimum atomic E-state index is -1.48. The first-order valence-corrected chi connectivity index (χ1v) is 6.07.